The van der Waals surface area contributed by atoms with Crippen molar-refractivity contribution in [1.29, 1.82) is 0 Å². The fourth-order valence-electron chi connectivity index (χ4n) is 5.26. The summed E-state index contributed by atoms with van der Waals surface area (Å²) in [7, 11) is 0. The van der Waals surface area contributed by atoms with E-state index in [9.17, 15) is 4.21 Å². The van der Waals surface area contributed by atoms with Crippen molar-refractivity contribution in [2.75, 3.05) is 0 Å². The van der Waals surface area contributed by atoms with Crippen molar-refractivity contribution in [1.82, 2.24) is 0 Å². The van der Waals surface area contributed by atoms with E-state index in [2.05, 4.69) is 65.8 Å². The van der Waals surface area contributed by atoms with Crippen LogP contribution in [-0.2, 0) is 30.6 Å². The van der Waals surface area contributed by atoms with E-state index in [1.54, 1.807) is 0 Å². The van der Waals surface area contributed by atoms with Crippen LogP contribution in [0.25, 0.3) is 0 Å². The van der Waals surface area contributed by atoms with Crippen LogP contribution < -0.4 is 9.47 Å². The Morgan fingerprint density at radius 2 is 0.868 bits per heavy atom. The van der Waals surface area contributed by atoms with Gasteiger partial charge >= 0.3 is 11.4 Å². The summed E-state index contributed by atoms with van der Waals surface area (Å²) in [5.74, 6) is 1.65. The first-order valence-corrected chi connectivity index (χ1v) is 15.3. The van der Waals surface area contributed by atoms with Crippen molar-refractivity contribution >= 4 is 11.4 Å². The Morgan fingerprint density at radius 3 is 1.18 bits per heavy atom. The third-order valence-corrected chi connectivity index (χ3v) is 8.51. The monoisotopic (exact) mass is 542 g/mol. The summed E-state index contributed by atoms with van der Waals surface area (Å²) in [6.07, 6.45) is 6.78. The predicted molar refractivity (Wildman–Crippen MR) is 154 cm³/mol. The molecule has 0 amide bonds. The highest BCUT2D eigenvalue weighted by Crippen LogP contribution is 2.32. The van der Waals surface area contributed by atoms with Crippen molar-refractivity contribution in [3.05, 3.63) is 59.7 Å². The average Bonchev–Trinajstić information content (AvgIpc) is 2.86. The Balaban J connectivity index is 1.34. The maximum absolute atomic E-state index is 13.0. The molecule has 2 aromatic carbocycles. The zero-order chi connectivity index (χ0) is 27.3. The topological polar surface area (TPSA) is 54.0 Å². The van der Waals surface area contributed by atoms with E-state index in [0.717, 1.165) is 62.9 Å². The summed E-state index contributed by atoms with van der Waals surface area (Å²) < 4.78 is 37.6. The number of ether oxygens (including phenoxy) is 2. The molecule has 38 heavy (non-hydrogen) atoms. The van der Waals surface area contributed by atoms with Crippen LogP contribution in [-0.4, -0.2) is 28.6 Å². The van der Waals surface area contributed by atoms with E-state index in [4.69, 9.17) is 17.8 Å². The summed E-state index contributed by atoms with van der Waals surface area (Å²) in [5, 5.41) is 0. The molecule has 0 aromatic heterocycles. The van der Waals surface area contributed by atoms with Gasteiger partial charge in [0.2, 0.25) is 0 Å². The van der Waals surface area contributed by atoms with Crippen LogP contribution in [0.2, 0.25) is 0 Å². The molecule has 4 rings (SSSR count). The largest absolute Gasteiger partial charge is 0.488 e. The minimum atomic E-state index is -1.86. The van der Waals surface area contributed by atoms with Gasteiger partial charge in [0.15, 0.2) is 0 Å². The summed E-state index contributed by atoms with van der Waals surface area (Å²) in [5.41, 5.74) is 2.73. The Morgan fingerprint density at radius 1 is 0.553 bits per heavy atom. The summed E-state index contributed by atoms with van der Waals surface area (Å²) >= 11 is -1.86. The molecule has 4 unspecified atom stereocenters. The minimum absolute atomic E-state index is 0.0970. The van der Waals surface area contributed by atoms with Crippen LogP contribution in [0.5, 0.6) is 11.5 Å². The molecule has 2 aliphatic rings. The maximum atomic E-state index is 13.0. The van der Waals surface area contributed by atoms with Crippen LogP contribution in [0, 0.1) is 0 Å². The zero-order valence-electron chi connectivity index (χ0n) is 24.0. The lowest BCUT2D eigenvalue weighted by Gasteiger charge is -2.33. The fourth-order valence-corrected chi connectivity index (χ4v) is 6.15. The van der Waals surface area contributed by atoms with Crippen LogP contribution in [0.3, 0.4) is 0 Å². The van der Waals surface area contributed by atoms with E-state index in [0.29, 0.717) is 0 Å². The number of rotatable bonds is 8. The molecule has 6 heteroatoms. The minimum Gasteiger partial charge on any atom is -0.488 e. The van der Waals surface area contributed by atoms with Crippen LogP contribution in [0.15, 0.2) is 48.5 Å². The smallest absolute Gasteiger partial charge is 0.305 e. The fraction of sp³-hybridized carbons (Fsp3) is 0.625. The van der Waals surface area contributed by atoms with Gasteiger partial charge in [0.25, 0.3) is 0 Å². The highest BCUT2D eigenvalue weighted by Gasteiger charge is 2.34. The highest BCUT2D eigenvalue weighted by molar-refractivity contribution is 7.75. The normalized spacial score (nSPS) is 25.5. The number of hydrogen-bond donors (Lipinski definition) is 0. The van der Waals surface area contributed by atoms with Gasteiger partial charge in [-0.2, -0.15) is 4.21 Å². The first-order valence-electron chi connectivity index (χ1n) is 14.3. The lowest BCUT2D eigenvalue weighted by Crippen LogP contribution is -2.40. The van der Waals surface area contributed by atoms with E-state index in [1.165, 1.54) is 11.1 Å². The lowest BCUT2D eigenvalue weighted by atomic mass is 9.87. The molecular weight excluding hydrogens is 496 g/mol. The number of benzene rings is 2. The molecule has 2 aromatic rings. The average molecular weight is 543 g/mol. The van der Waals surface area contributed by atoms with Crippen molar-refractivity contribution < 1.29 is 22.0 Å². The molecule has 210 valence electrons. The van der Waals surface area contributed by atoms with Gasteiger partial charge in [0.05, 0.1) is 0 Å². The molecule has 5 nitrogen and oxygen atoms in total. The Hall–Kier alpha value is -1.89. The van der Waals surface area contributed by atoms with E-state index < -0.39 is 11.4 Å². The maximum Gasteiger partial charge on any atom is 0.305 e. The molecule has 0 bridgehead atoms. The molecule has 4 atom stereocenters. The first kappa shape index (κ1) is 29.1. The van der Waals surface area contributed by atoms with Crippen LogP contribution in [0.1, 0.15) is 104 Å². The highest BCUT2D eigenvalue weighted by atomic mass is 32.2. The SMILES string of the molecule is CC(C)(C)c1ccc(OC2CCCCC2OS(=O)OC2CCCCC2Oc2ccc(C(C)(C)C)cc2)cc1. The molecule has 0 radical (unpaired) electrons. The lowest BCUT2D eigenvalue weighted by molar-refractivity contribution is -0.00312. The van der Waals surface area contributed by atoms with Crippen molar-refractivity contribution in [3.8, 4) is 11.5 Å². The van der Waals surface area contributed by atoms with Crippen molar-refractivity contribution in [3.63, 3.8) is 0 Å². The quantitative estimate of drug-likeness (QED) is 0.338. The molecule has 0 aliphatic heterocycles. The second-order valence-corrected chi connectivity index (χ2v) is 13.7. The van der Waals surface area contributed by atoms with Gasteiger partial charge in [-0.25, -0.2) is 0 Å². The Labute approximate surface area is 232 Å². The molecule has 2 saturated carbocycles. The van der Waals surface area contributed by atoms with E-state index in [-0.39, 0.29) is 35.2 Å². The third-order valence-electron chi connectivity index (χ3n) is 7.70. The first-order chi connectivity index (χ1) is 18.0. The summed E-state index contributed by atoms with van der Waals surface area (Å²) in [4.78, 5) is 0. The standard InChI is InChI=1S/C32H46O5S/c1-31(2,3)23-15-19-25(20-16-23)34-27-11-7-9-13-29(27)36-38(33)37-30-14-10-8-12-28(30)35-26-21-17-24(18-22-26)32(4,5)6/h15-22,27-30H,7-14H2,1-6H3. The van der Waals surface area contributed by atoms with Gasteiger partial charge in [-0.15, -0.1) is 0 Å². The van der Waals surface area contributed by atoms with Gasteiger partial charge in [0.1, 0.15) is 35.9 Å². The van der Waals surface area contributed by atoms with E-state index >= 15 is 0 Å². The van der Waals surface area contributed by atoms with E-state index in [1.807, 2.05) is 24.3 Å². The molecule has 0 N–H and O–H groups in total. The molecular formula is C32H46O5S. The zero-order valence-corrected chi connectivity index (χ0v) is 24.9. The number of hydrogen-bond acceptors (Lipinski definition) is 5. The Bertz CT molecular complexity index is 952. The summed E-state index contributed by atoms with van der Waals surface area (Å²) in [6.45, 7) is 13.2. The van der Waals surface area contributed by atoms with Crippen LogP contribution >= 0.6 is 0 Å². The van der Waals surface area contributed by atoms with Gasteiger partial charge in [-0.05, 0) is 84.7 Å². The predicted octanol–water partition coefficient (Wildman–Crippen LogP) is 7.97. The van der Waals surface area contributed by atoms with Gasteiger partial charge in [0, 0.05) is 0 Å². The van der Waals surface area contributed by atoms with Gasteiger partial charge < -0.3 is 9.47 Å². The third kappa shape index (κ3) is 8.06. The molecule has 2 fully saturated rings. The second-order valence-electron chi connectivity index (χ2n) is 12.9. The second kappa shape index (κ2) is 12.5. The van der Waals surface area contributed by atoms with Crippen LogP contribution in [0.4, 0.5) is 0 Å². The van der Waals surface area contributed by atoms with Crippen molar-refractivity contribution in [2.45, 2.75) is 128 Å². The molecule has 2 aliphatic carbocycles. The Kier molecular flexibility index (Phi) is 9.59. The van der Waals surface area contributed by atoms with Gasteiger partial charge in [-0.3, -0.25) is 8.37 Å². The summed E-state index contributed by atoms with van der Waals surface area (Å²) in [6, 6.07) is 16.6. The van der Waals surface area contributed by atoms with Crippen molar-refractivity contribution in [2.24, 2.45) is 0 Å². The van der Waals surface area contributed by atoms with Gasteiger partial charge in [-0.1, -0.05) is 78.6 Å². The molecule has 0 heterocycles. The molecule has 0 spiro atoms. The molecule has 0 saturated heterocycles.